The van der Waals surface area contributed by atoms with Crippen LogP contribution < -0.4 is 19.5 Å². The molecule has 1 amide bonds. The zero-order chi connectivity index (χ0) is 19.1. The summed E-state index contributed by atoms with van der Waals surface area (Å²) in [7, 11) is 0. The van der Waals surface area contributed by atoms with Crippen LogP contribution in [0.5, 0.6) is 17.2 Å². The molecule has 0 unspecified atom stereocenters. The third-order valence-corrected chi connectivity index (χ3v) is 3.62. The Balaban J connectivity index is 2.40. The molecule has 5 nitrogen and oxygen atoms in total. The lowest BCUT2D eigenvalue weighted by molar-refractivity contribution is 0.102. The van der Waals surface area contributed by atoms with Gasteiger partial charge in [0.15, 0.2) is 11.5 Å². The molecule has 0 radical (unpaired) electrons. The van der Waals surface area contributed by atoms with Gasteiger partial charge in [-0.3, -0.25) is 4.79 Å². The molecule has 26 heavy (non-hydrogen) atoms. The van der Waals surface area contributed by atoms with E-state index in [1.807, 2.05) is 20.8 Å². The molecule has 0 aliphatic carbocycles. The van der Waals surface area contributed by atoms with Gasteiger partial charge in [-0.05, 0) is 57.5 Å². The molecule has 0 saturated carbocycles. The van der Waals surface area contributed by atoms with Crippen molar-refractivity contribution in [3.8, 4) is 17.2 Å². The van der Waals surface area contributed by atoms with Gasteiger partial charge < -0.3 is 19.5 Å². The molecule has 2 rings (SSSR count). The zero-order valence-corrected chi connectivity index (χ0v) is 15.5. The monoisotopic (exact) mass is 361 g/mol. The van der Waals surface area contributed by atoms with E-state index in [0.717, 1.165) is 5.56 Å². The molecule has 0 bridgehead atoms. The summed E-state index contributed by atoms with van der Waals surface area (Å²) in [6, 6.07) is 7.44. The first-order valence-electron chi connectivity index (χ1n) is 8.64. The number of halogens is 1. The second-order valence-corrected chi connectivity index (χ2v) is 5.51. The lowest BCUT2D eigenvalue weighted by Crippen LogP contribution is -2.14. The van der Waals surface area contributed by atoms with Crippen LogP contribution in [0.15, 0.2) is 30.3 Å². The standard InChI is InChI=1S/C20H24FNO4/c1-5-24-17-10-14(11-18(25-6-2)19(17)26-7-3)20(23)22-16-12-15(21)9-8-13(16)4/h8-12H,5-7H2,1-4H3,(H,22,23). The van der Waals surface area contributed by atoms with Gasteiger partial charge >= 0.3 is 0 Å². The Morgan fingerprint density at radius 2 is 1.54 bits per heavy atom. The van der Waals surface area contributed by atoms with Gasteiger partial charge in [0.25, 0.3) is 5.91 Å². The molecule has 2 aromatic carbocycles. The third-order valence-electron chi connectivity index (χ3n) is 3.62. The summed E-state index contributed by atoms with van der Waals surface area (Å²) in [5, 5.41) is 2.73. The molecule has 0 atom stereocenters. The number of anilines is 1. The van der Waals surface area contributed by atoms with Crippen molar-refractivity contribution in [2.24, 2.45) is 0 Å². The normalized spacial score (nSPS) is 10.3. The Bertz CT molecular complexity index is 749. The predicted octanol–water partition coefficient (Wildman–Crippen LogP) is 4.58. The van der Waals surface area contributed by atoms with Crippen LogP contribution in [0.25, 0.3) is 0 Å². The maximum absolute atomic E-state index is 13.5. The number of carbonyl (C=O) groups is 1. The SMILES string of the molecule is CCOc1cc(C(=O)Nc2cc(F)ccc2C)cc(OCC)c1OCC. The average Bonchev–Trinajstić information content (AvgIpc) is 2.61. The topological polar surface area (TPSA) is 56.8 Å². The first-order valence-corrected chi connectivity index (χ1v) is 8.64. The van der Waals surface area contributed by atoms with Crippen molar-refractivity contribution in [1.82, 2.24) is 0 Å². The Morgan fingerprint density at radius 3 is 2.08 bits per heavy atom. The number of hydrogen-bond donors (Lipinski definition) is 1. The van der Waals surface area contributed by atoms with Crippen molar-refractivity contribution in [3.05, 3.63) is 47.3 Å². The fourth-order valence-corrected chi connectivity index (χ4v) is 2.44. The highest BCUT2D eigenvalue weighted by atomic mass is 19.1. The van der Waals surface area contributed by atoms with Gasteiger partial charge in [0, 0.05) is 11.3 Å². The van der Waals surface area contributed by atoms with Gasteiger partial charge in [-0.2, -0.15) is 0 Å². The number of carbonyl (C=O) groups excluding carboxylic acids is 1. The summed E-state index contributed by atoms with van der Waals surface area (Å²) in [5.41, 5.74) is 1.52. The molecule has 1 N–H and O–H groups in total. The first kappa shape index (κ1) is 19.6. The van der Waals surface area contributed by atoms with E-state index in [1.54, 1.807) is 25.1 Å². The quantitative estimate of drug-likeness (QED) is 0.748. The van der Waals surface area contributed by atoms with Crippen LogP contribution in [0.3, 0.4) is 0 Å². The highest BCUT2D eigenvalue weighted by molar-refractivity contribution is 6.05. The van der Waals surface area contributed by atoms with Gasteiger partial charge in [-0.1, -0.05) is 6.07 Å². The number of aryl methyl sites for hydroxylation is 1. The highest BCUT2D eigenvalue weighted by Crippen LogP contribution is 2.39. The molecule has 140 valence electrons. The summed E-state index contributed by atoms with van der Waals surface area (Å²) in [6.45, 7) is 8.62. The molecule has 2 aromatic rings. The average molecular weight is 361 g/mol. The van der Waals surface area contributed by atoms with E-state index in [4.69, 9.17) is 14.2 Å². The minimum atomic E-state index is -0.414. The lowest BCUT2D eigenvalue weighted by atomic mass is 10.1. The highest BCUT2D eigenvalue weighted by Gasteiger charge is 2.19. The molecular formula is C20H24FNO4. The summed E-state index contributed by atoms with van der Waals surface area (Å²) in [6.07, 6.45) is 0. The minimum absolute atomic E-state index is 0.337. The number of rotatable bonds is 8. The third kappa shape index (κ3) is 4.65. The smallest absolute Gasteiger partial charge is 0.255 e. The van der Waals surface area contributed by atoms with E-state index >= 15 is 0 Å². The lowest BCUT2D eigenvalue weighted by Gasteiger charge is -2.17. The molecule has 0 aliphatic rings. The van der Waals surface area contributed by atoms with Gasteiger partial charge in [0.05, 0.1) is 19.8 Å². The predicted molar refractivity (Wildman–Crippen MR) is 99.0 cm³/mol. The van der Waals surface area contributed by atoms with Crippen LogP contribution in [0.2, 0.25) is 0 Å². The summed E-state index contributed by atoms with van der Waals surface area (Å²) >= 11 is 0. The first-order chi connectivity index (χ1) is 12.5. The number of ether oxygens (including phenoxy) is 3. The summed E-state index contributed by atoms with van der Waals surface area (Å²) in [5.74, 6) is 0.531. The van der Waals surface area contributed by atoms with Crippen LogP contribution in [-0.4, -0.2) is 25.7 Å². The van der Waals surface area contributed by atoms with Crippen molar-refractivity contribution in [1.29, 1.82) is 0 Å². The molecule has 0 saturated heterocycles. The summed E-state index contributed by atoms with van der Waals surface area (Å²) in [4.78, 5) is 12.7. The Kier molecular flexibility index (Phi) is 6.83. The maximum Gasteiger partial charge on any atom is 0.255 e. The van der Waals surface area contributed by atoms with Crippen molar-refractivity contribution < 1.29 is 23.4 Å². The second-order valence-electron chi connectivity index (χ2n) is 5.51. The zero-order valence-electron chi connectivity index (χ0n) is 15.5. The molecular weight excluding hydrogens is 337 g/mol. The van der Waals surface area contributed by atoms with Crippen molar-refractivity contribution >= 4 is 11.6 Å². The van der Waals surface area contributed by atoms with E-state index in [2.05, 4.69) is 5.32 Å². The molecule has 0 spiro atoms. The van der Waals surface area contributed by atoms with Crippen LogP contribution >= 0.6 is 0 Å². The largest absolute Gasteiger partial charge is 0.490 e. The summed E-state index contributed by atoms with van der Waals surface area (Å²) < 4.78 is 30.3. The van der Waals surface area contributed by atoms with Gasteiger partial charge in [-0.25, -0.2) is 4.39 Å². The van der Waals surface area contributed by atoms with E-state index in [-0.39, 0.29) is 5.91 Å². The van der Waals surface area contributed by atoms with E-state index in [1.165, 1.54) is 12.1 Å². The number of hydrogen-bond acceptors (Lipinski definition) is 4. The van der Waals surface area contributed by atoms with Crippen LogP contribution in [-0.2, 0) is 0 Å². The second kappa shape index (κ2) is 9.08. The van der Waals surface area contributed by atoms with Gasteiger partial charge in [-0.15, -0.1) is 0 Å². The van der Waals surface area contributed by atoms with Gasteiger partial charge in [0.1, 0.15) is 5.82 Å². The fraction of sp³-hybridized carbons (Fsp3) is 0.350. The fourth-order valence-electron chi connectivity index (χ4n) is 2.44. The molecule has 0 aromatic heterocycles. The van der Waals surface area contributed by atoms with E-state index in [0.29, 0.717) is 48.3 Å². The van der Waals surface area contributed by atoms with Crippen LogP contribution in [0.4, 0.5) is 10.1 Å². The molecule has 0 heterocycles. The van der Waals surface area contributed by atoms with Crippen LogP contribution in [0, 0.1) is 12.7 Å². The molecule has 6 heteroatoms. The van der Waals surface area contributed by atoms with E-state index < -0.39 is 5.82 Å². The van der Waals surface area contributed by atoms with Gasteiger partial charge in [0.2, 0.25) is 5.75 Å². The minimum Gasteiger partial charge on any atom is -0.490 e. The van der Waals surface area contributed by atoms with Crippen molar-refractivity contribution in [2.75, 3.05) is 25.1 Å². The van der Waals surface area contributed by atoms with Crippen molar-refractivity contribution in [2.45, 2.75) is 27.7 Å². The van der Waals surface area contributed by atoms with Crippen molar-refractivity contribution in [3.63, 3.8) is 0 Å². The number of nitrogens with one attached hydrogen (secondary N) is 1. The van der Waals surface area contributed by atoms with Crippen LogP contribution in [0.1, 0.15) is 36.7 Å². The number of amides is 1. The molecule has 0 fully saturated rings. The Morgan fingerprint density at radius 1 is 0.962 bits per heavy atom. The Labute approximate surface area is 153 Å². The molecule has 0 aliphatic heterocycles. The maximum atomic E-state index is 13.5. The van der Waals surface area contributed by atoms with E-state index in [9.17, 15) is 9.18 Å². The number of benzene rings is 2. The Hall–Kier alpha value is -2.76.